The Hall–Kier alpha value is -3.53. The third-order valence-corrected chi connectivity index (χ3v) is 3.61. The minimum Gasteiger partial charge on any atom is -0.493 e. The van der Waals surface area contributed by atoms with E-state index in [-0.39, 0.29) is 5.69 Å². The maximum atomic E-state index is 9.06. The molecule has 3 rings (SSSR count). The van der Waals surface area contributed by atoms with Gasteiger partial charge in [0, 0.05) is 11.6 Å². The second kappa shape index (κ2) is 7.36. The van der Waals surface area contributed by atoms with Crippen molar-refractivity contribution in [1.82, 2.24) is 15.4 Å². The van der Waals surface area contributed by atoms with Gasteiger partial charge < -0.3 is 14.2 Å². The monoisotopic (exact) mass is 336 g/mol. The summed E-state index contributed by atoms with van der Waals surface area (Å²) in [6.07, 6.45) is 0. The molecule has 7 nitrogen and oxygen atoms in total. The molecule has 3 aromatic rings. The molecular formula is C18H16N4O3. The van der Waals surface area contributed by atoms with Crippen molar-refractivity contribution in [3.8, 4) is 34.6 Å². The first-order valence-corrected chi connectivity index (χ1v) is 7.50. The first kappa shape index (κ1) is 16.3. The van der Waals surface area contributed by atoms with Crippen LogP contribution >= 0.6 is 0 Å². The Morgan fingerprint density at radius 3 is 2.64 bits per heavy atom. The van der Waals surface area contributed by atoms with Crippen molar-refractivity contribution in [3.05, 3.63) is 53.7 Å². The third-order valence-electron chi connectivity index (χ3n) is 3.61. The SMILES string of the molecule is COc1ccc(OCc2cccc(-c3n[nH]nc3C#N)c2)cc1OC. The average Bonchev–Trinajstić information content (AvgIpc) is 3.15. The van der Waals surface area contributed by atoms with E-state index < -0.39 is 0 Å². The van der Waals surface area contributed by atoms with E-state index in [9.17, 15) is 0 Å². The quantitative estimate of drug-likeness (QED) is 0.744. The standard InChI is InChI=1S/C18H16N4O3/c1-23-16-7-6-14(9-17(16)24-2)25-11-12-4-3-5-13(8-12)18-15(10-19)20-22-21-18/h3-9H,11H2,1-2H3,(H,20,21,22). The number of nitriles is 1. The van der Waals surface area contributed by atoms with E-state index in [0.29, 0.717) is 29.5 Å². The average molecular weight is 336 g/mol. The summed E-state index contributed by atoms with van der Waals surface area (Å²) < 4.78 is 16.3. The fraction of sp³-hybridized carbons (Fsp3) is 0.167. The highest BCUT2D eigenvalue weighted by Gasteiger charge is 2.10. The van der Waals surface area contributed by atoms with Gasteiger partial charge in [-0.05, 0) is 23.8 Å². The zero-order valence-corrected chi connectivity index (χ0v) is 13.8. The van der Waals surface area contributed by atoms with Crippen LogP contribution in [0.1, 0.15) is 11.3 Å². The van der Waals surface area contributed by atoms with Gasteiger partial charge in [0.15, 0.2) is 17.2 Å². The summed E-state index contributed by atoms with van der Waals surface area (Å²) in [5, 5.41) is 19.4. The third kappa shape index (κ3) is 3.53. The van der Waals surface area contributed by atoms with Gasteiger partial charge in [-0.15, -0.1) is 5.10 Å². The molecule has 0 atom stereocenters. The van der Waals surface area contributed by atoms with E-state index in [2.05, 4.69) is 15.4 Å². The number of ether oxygens (including phenoxy) is 3. The van der Waals surface area contributed by atoms with Gasteiger partial charge in [0.2, 0.25) is 0 Å². The summed E-state index contributed by atoms with van der Waals surface area (Å²) in [4.78, 5) is 0. The molecule has 1 N–H and O–H groups in total. The fourth-order valence-electron chi connectivity index (χ4n) is 2.39. The smallest absolute Gasteiger partial charge is 0.190 e. The molecule has 0 saturated carbocycles. The molecule has 0 spiro atoms. The van der Waals surface area contributed by atoms with E-state index in [1.54, 1.807) is 26.4 Å². The van der Waals surface area contributed by atoms with Crippen LogP contribution in [0.5, 0.6) is 17.2 Å². The van der Waals surface area contributed by atoms with Crippen molar-refractivity contribution in [3.63, 3.8) is 0 Å². The van der Waals surface area contributed by atoms with Gasteiger partial charge >= 0.3 is 0 Å². The Morgan fingerprint density at radius 2 is 1.88 bits per heavy atom. The van der Waals surface area contributed by atoms with Crippen LogP contribution in [0.4, 0.5) is 0 Å². The summed E-state index contributed by atoms with van der Waals surface area (Å²) in [5.74, 6) is 1.92. The Kier molecular flexibility index (Phi) is 4.81. The molecule has 0 aliphatic carbocycles. The first-order chi connectivity index (χ1) is 12.2. The molecule has 126 valence electrons. The largest absolute Gasteiger partial charge is 0.493 e. The number of aromatic nitrogens is 3. The van der Waals surface area contributed by atoms with Crippen LogP contribution < -0.4 is 14.2 Å². The highest BCUT2D eigenvalue weighted by Crippen LogP contribution is 2.31. The van der Waals surface area contributed by atoms with Crippen LogP contribution in [0.25, 0.3) is 11.3 Å². The molecule has 1 aromatic heterocycles. The second-order valence-corrected chi connectivity index (χ2v) is 5.14. The van der Waals surface area contributed by atoms with Gasteiger partial charge in [-0.2, -0.15) is 15.6 Å². The summed E-state index contributed by atoms with van der Waals surface area (Å²) in [6.45, 7) is 0.364. The van der Waals surface area contributed by atoms with Crippen LogP contribution in [0.15, 0.2) is 42.5 Å². The van der Waals surface area contributed by atoms with Crippen LogP contribution in [0, 0.1) is 11.3 Å². The van der Waals surface area contributed by atoms with Crippen LogP contribution in [0.2, 0.25) is 0 Å². The summed E-state index contributed by atoms with van der Waals surface area (Å²) >= 11 is 0. The highest BCUT2D eigenvalue weighted by atomic mass is 16.5. The summed E-state index contributed by atoms with van der Waals surface area (Å²) in [7, 11) is 3.17. The summed E-state index contributed by atoms with van der Waals surface area (Å²) in [6, 6.07) is 15.0. The van der Waals surface area contributed by atoms with Crippen LogP contribution in [0.3, 0.4) is 0 Å². The molecule has 0 saturated heterocycles. The lowest BCUT2D eigenvalue weighted by atomic mass is 10.1. The highest BCUT2D eigenvalue weighted by molar-refractivity contribution is 5.64. The van der Waals surface area contributed by atoms with Gasteiger partial charge in [-0.1, -0.05) is 18.2 Å². The summed E-state index contributed by atoms with van der Waals surface area (Å²) in [5.41, 5.74) is 2.53. The van der Waals surface area contributed by atoms with Gasteiger partial charge in [0.1, 0.15) is 24.1 Å². The van der Waals surface area contributed by atoms with E-state index in [4.69, 9.17) is 19.5 Å². The predicted octanol–water partition coefficient (Wildman–Crippen LogP) is 2.94. The lowest BCUT2D eigenvalue weighted by Gasteiger charge is -2.11. The van der Waals surface area contributed by atoms with Crippen molar-refractivity contribution in [2.75, 3.05) is 14.2 Å². The van der Waals surface area contributed by atoms with E-state index >= 15 is 0 Å². The molecular weight excluding hydrogens is 320 g/mol. The van der Waals surface area contributed by atoms with Gasteiger partial charge in [-0.3, -0.25) is 0 Å². The fourth-order valence-corrected chi connectivity index (χ4v) is 2.39. The number of aromatic amines is 1. The maximum absolute atomic E-state index is 9.06. The predicted molar refractivity (Wildman–Crippen MR) is 90.4 cm³/mol. The van der Waals surface area contributed by atoms with Crippen molar-refractivity contribution in [2.45, 2.75) is 6.61 Å². The number of hydrogen-bond acceptors (Lipinski definition) is 6. The molecule has 0 amide bonds. The van der Waals surface area contributed by atoms with Gasteiger partial charge in [-0.25, -0.2) is 0 Å². The molecule has 7 heteroatoms. The molecule has 0 bridgehead atoms. The number of hydrogen-bond donors (Lipinski definition) is 1. The molecule has 0 radical (unpaired) electrons. The number of benzene rings is 2. The number of H-pyrrole nitrogens is 1. The molecule has 25 heavy (non-hydrogen) atoms. The minimum absolute atomic E-state index is 0.262. The topological polar surface area (TPSA) is 93.0 Å². The zero-order chi connectivity index (χ0) is 17.6. The Morgan fingerprint density at radius 1 is 1.04 bits per heavy atom. The normalized spacial score (nSPS) is 10.1. The van der Waals surface area contributed by atoms with Crippen LogP contribution in [-0.4, -0.2) is 29.6 Å². The molecule has 0 aliphatic rings. The Balaban J connectivity index is 1.76. The molecule has 0 fully saturated rings. The van der Waals surface area contributed by atoms with Gasteiger partial charge in [0.25, 0.3) is 0 Å². The van der Waals surface area contributed by atoms with Crippen molar-refractivity contribution < 1.29 is 14.2 Å². The zero-order valence-electron chi connectivity index (χ0n) is 13.8. The molecule has 0 unspecified atom stereocenters. The van der Waals surface area contributed by atoms with E-state index in [1.807, 2.05) is 36.4 Å². The molecule has 2 aromatic carbocycles. The van der Waals surface area contributed by atoms with Crippen molar-refractivity contribution in [1.29, 1.82) is 5.26 Å². The molecule has 0 aliphatic heterocycles. The Labute approximate surface area is 144 Å². The molecule has 1 heterocycles. The first-order valence-electron chi connectivity index (χ1n) is 7.50. The minimum atomic E-state index is 0.262. The van der Waals surface area contributed by atoms with E-state index in [1.165, 1.54) is 0 Å². The van der Waals surface area contributed by atoms with Crippen LogP contribution in [-0.2, 0) is 6.61 Å². The maximum Gasteiger partial charge on any atom is 0.190 e. The lowest BCUT2D eigenvalue weighted by Crippen LogP contribution is -1.97. The van der Waals surface area contributed by atoms with E-state index in [0.717, 1.165) is 11.1 Å². The second-order valence-electron chi connectivity index (χ2n) is 5.14. The number of nitrogens with one attached hydrogen (secondary N) is 1. The van der Waals surface area contributed by atoms with Crippen molar-refractivity contribution in [2.24, 2.45) is 0 Å². The number of methoxy groups -OCH3 is 2. The van der Waals surface area contributed by atoms with Gasteiger partial charge in [0.05, 0.1) is 14.2 Å². The van der Waals surface area contributed by atoms with Crippen molar-refractivity contribution >= 4 is 0 Å². The number of nitrogens with zero attached hydrogens (tertiary/aromatic N) is 3. The Bertz CT molecular complexity index is 915. The number of rotatable bonds is 6. The lowest BCUT2D eigenvalue weighted by molar-refractivity contribution is 0.300.